The minimum Gasteiger partial charge on any atom is -0.497 e. The lowest BCUT2D eigenvalue weighted by Gasteiger charge is -2.06. The first-order valence-corrected chi connectivity index (χ1v) is 7.02. The summed E-state index contributed by atoms with van der Waals surface area (Å²) < 4.78 is 5.12. The molecule has 0 spiro atoms. The molecule has 1 aromatic carbocycles. The quantitative estimate of drug-likeness (QED) is 0.778. The van der Waals surface area contributed by atoms with Crippen LogP contribution in [0.5, 0.6) is 5.75 Å². The number of pyridine rings is 2. The smallest absolute Gasteiger partial charge is 0.262 e. The summed E-state index contributed by atoms with van der Waals surface area (Å²) in [6, 6.07) is 8.60. The Kier molecular flexibility index (Phi) is 3.80. The SMILES string of the molecule is COc1ccc2[nH]cc(C(=O)Nc3ccc(C)cn3)c(=O)c2c1. The van der Waals surface area contributed by atoms with Gasteiger partial charge in [-0.3, -0.25) is 9.59 Å². The van der Waals surface area contributed by atoms with E-state index >= 15 is 0 Å². The van der Waals surface area contributed by atoms with Crippen molar-refractivity contribution >= 4 is 22.6 Å². The van der Waals surface area contributed by atoms with E-state index in [1.807, 2.05) is 13.0 Å². The number of rotatable bonds is 3. The van der Waals surface area contributed by atoms with Gasteiger partial charge in [0.05, 0.1) is 7.11 Å². The van der Waals surface area contributed by atoms with Crippen molar-refractivity contribution in [2.45, 2.75) is 6.92 Å². The number of nitrogens with one attached hydrogen (secondary N) is 2. The van der Waals surface area contributed by atoms with Gasteiger partial charge in [0.1, 0.15) is 17.1 Å². The molecule has 116 valence electrons. The minimum atomic E-state index is -0.507. The molecule has 3 rings (SSSR count). The molecule has 23 heavy (non-hydrogen) atoms. The van der Waals surface area contributed by atoms with Gasteiger partial charge in [-0.05, 0) is 36.8 Å². The van der Waals surface area contributed by atoms with Crippen LogP contribution in [0, 0.1) is 6.92 Å². The summed E-state index contributed by atoms with van der Waals surface area (Å²) in [5.74, 6) is 0.443. The molecule has 3 aromatic rings. The molecule has 0 fully saturated rings. The third-order valence-corrected chi connectivity index (χ3v) is 3.49. The number of carbonyl (C=O) groups excluding carboxylic acids is 1. The van der Waals surface area contributed by atoms with E-state index in [0.29, 0.717) is 22.5 Å². The molecule has 2 N–H and O–H groups in total. The zero-order valence-corrected chi connectivity index (χ0v) is 12.7. The van der Waals surface area contributed by atoms with E-state index in [0.717, 1.165) is 5.56 Å². The molecule has 6 heteroatoms. The molecule has 6 nitrogen and oxygen atoms in total. The number of carbonyl (C=O) groups is 1. The van der Waals surface area contributed by atoms with E-state index in [4.69, 9.17) is 4.74 Å². The molecule has 0 radical (unpaired) electrons. The number of hydrogen-bond donors (Lipinski definition) is 2. The Morgan fingerprint density at radius 1 is 1.26 bits per heavy atom. The van der Waals surface area contributed by atoms with Crippen molar-refractivity contribution in [3.05, 3.63) is 64.1 Å². The van der Waals surface area contributed by atoms with E-state index in [1.165, 1.54) is 13.3 Å². The first kappa shape index (κ1) is 14.8. The highest BCUT2D eigenvalue weighted by atomic mass is 16.5. The summed E-state index contributed by atoms with van der Waals surface area (Å²) in [4.78, 5) is 31.9. The van der Waals surface area contributed by atoms with Gasteiger partial charge >= 0.3 is 0 Å². The number of nitrogens with zero attached hydrogens (tertiary/aromatic N) is 1. The van der Waals surface area contributed by atoms with E-state index in [2.05, 4.69) is 15.3 Å². The standard InChI is InChI=1S/C17H15N3O3/c1-10-3-6-15(19-8-10)20-17(22)13-9-18-14-5-4-11(23-2)7-12(14)16(13)21/h3-9H,1-2H3,(H,18,21)(H,19,20,22). The maximum atomic E-state index is 12.5. The lowest BCUT2D eigenvalue weighted by molar-refractivity contribution is 0.102. The summed E-state index contributed by atoms with van der Waals surface area (Å²) in [6.45, 7) is 1.90. The van der Waals surface area contributed by atoms with Crippen molar-refractivity contribution in [3.8, 4) is 5.75 Å². The molecule has 0 atom stereocenters. The van der Waals surface area contributed by atoms with Gasteiger partial charge in [0.15, 0.2) is 0 Å². The third-order valence-electron chi connectivity index (χ3n) is 3.49. The van der Waals surface area contributed by atoms with Crippen molar-refractivity contribution in [1.29, 1.82) is 0 Å². The molecule has 0 aliphatic heterocycles. The van der Waals surface area contributed by atoms with Crippen LogP contribution in [-0.2, 0) is 0 Å². The lowest BCUT2D eigenvalue weighted by Crippen LogP contribution is -2.22. The number of fused-ring (bicyclic) bond motifs is 1. The first-order chi connectivity index (χ1) is 11.1. The summed E-state index contributed by atoms with van der Waals surface area (Å²) in [5, 5.41) is 3.02. The molecule has 1 amide bonds. The van der Waals surface area contributed by atoms with Crippen LogP contribution >= 0.6 is 0 Å². The second kappa shape index (κ2) is 5.92. The molecule has 2 aromatic heterocycles. The van der Waals surface area contributed by atoms with E-state index in [1.54, 1.807) is 30.5 Å². The summed E-state index contributed by atoms with van der Waals surface area (Å²) in [5.41, 5.74) is 1.29. The van der Waals surface area contributed by atoms with Crippen molar-refractivity contribution in [3.63, 3.8) is 0 Å². The summed E-state index contributed by atoms with van der Waals surface area (Å²) >= 11 is 0. The zero-order valence-electron chi connectivity index (χ0n) is 12.7. The Bertz CT molecular complexity index is 930. The van der Waals surface area contributed by atoms with Crippen molar-refractivity contribution < 1.29 is 9.53 Å². The number of anilines is 1. The van der Waals surface area contributed by atoms with Crippen LogP contribution in [0.3, 0.4) is 0 Å². The maximum Gasteiger partial charge on any atom is 0.262 e. The zero-order chi connectivity index (χ0) is 16.4. The first-order valence-electron chi connectivity index (χ1n) is 7.02. The van der Waals surface area contributed by atoms with Crippen LogP contribution in [0.1, 0.15) is 15.9 Å². The van der Waals surface area contributed by atoms with E-state index in [-0.39, 0.29) is 11.0 Å². The number of methoxy groups -OCH3 is 1. The van der Waals surface area contributed by atoms with E-state index in [9.17, 15) is 9.59 Å². The molecule has 2 heterocycles. The topological polar surface area (TPSA) is 84.1 Å². The molecular formula is C17H15N3O3. The van der Waals surface area contributed by atoms with Crippen molar-refractivity contribution in [2.24, 2.45) is 0 Å². The number of aromatic amines is 1. The number of aryl methyl sites for hydroxylation is 1. The number of hydrogen-bond acceptors (Lipinski definition) is 4. The highest BCUT2D eigenvalue weighted by Crippen LogP contribution is 2.17. The number of ether oxygens (including phenoxy) is 1. The van der Waals surface area contributed by atoms with Crippen LogP contribution in [0.4, 0.5) is 5.82 Å². The molecule has 0 bridgehead atoms. The number of benzene rings is 1. The number of H-pyrrole nitrogens is 1. The van der Waals surface area contributed by atoms with Gasteiger partial charge in [-0.25, -0.2) is 4.98 Å². The predicted molar refractivity (Wildman–Crippen MR) is 88.0 cm³/mol. The maximum absolute atomic E-state index is 12.5. The Morgan fingerprint density at radius 2 is 2.09 bits per heavy atom. The minimum absolute atomic E-state index is 0.0214. The molecular weight excluding hydrogens is 294 g/mol. The van der Waals surface area contributed by atoms with E-state index < -0.39 is 5.91 Å². The lowest BCUT2D eigenvalue weighted by atomic mass is 10.1. The van der Waals surface area contributed by atoms with Crippen molar-refractivity contribution in [2.75, 3.05) is 12.4 Å². The van der Waals surface area contributed by atoms with Gasteiger partial charge in [0.2, 0.25) is 5.43 Å². The number of aromatic nitrogens is 2. The van der Waals surface area contributed by atoms with Gasteiger partial charge in [0.25, 0.3) is 5.91 Å². The highest BCUT2D eigenvalue weighted by molar-refractivity contribution is 6.05. The molecule has 0 saturated carbocycles. The van der Waals surface area contributed by atoms with Crippen molar-refractivity contribution in [1.82, 2.24) is 9.97 Å². The fourth-order valence-electron chi connectivity index (χ4n) is 2.22. The van der Waals surface area contributed by atoms with Gasteiger partial charge in [0, 0.05) is 23.3 Å². The normalized spacial score (nSPS) is 10.5. The van der Waals surface area contributed by atoms with Crippen LogP contribution in [0.2, 0.25) is 0 Å². The Morgan fingerprint density at radius 3 is 2.78 bits per heavy atom. The molecule has 0 unspecified atom stereocenters. The third kappa shape index (κ3) is 2.91. The average Bonchev–Trinajstić information content (AvgIpc) is 2.57. The van der Waals surface area contributed by atoms with Crippen LogP contribution < -0.4 is 15.5 Å². The van der Waals surface area contributed by atoms with Crippen LogP contribution in [-0.4, -0.2) is 23.0 Å². The molecule has 0 aliphatic rings. The monoisotopic (exact) mass is 309 g/mol. The van der Waals surface area contributed by atoms with Gasteiger partial charge in [-0.15, -0.1) is 0 Å². The fraction of sp³-hybridized carbons (Fsp3) is 0.118. The van der Waals surface area contributed by atoms with Crippen LogP contribution in [0.25, 0.3) is 10.9 Å². The Labute approximate surface area is 132 Å². The van der Waals surface area contributed by atoms with Gasteiger partial charge in [-0.1, -0.05) is 6.07 Å². The second-order valence-corrected chi connectivity index (χ2v) is 5.12. The highest BCUT2D eigenvalue weighted by Gasteiger charge is 2.14. The predicted octanol–water partition coefficient (Wildman–Crippen LogP) is 2.49. The van der Waals surface area contributed by atoms with Gasteiger partial charge in [-0.2, -0.15) is 0 Å². The molecule has 0 aliphatic carbocycles. The van der Waals surface area contributed by atoms with Gasteiger partial charge < -0.3 is 15.0 Å². The fourth-order valence-corrected chi connectivity index (χ4v) is 2.22. The Hall–Kier alpha value is -3.15. The Balaban J connectivity index is 1.98. The largest absolute Gasteiger partial charge is 0.497 e. The number of amides is 1. The average molecular weight is 309 g/mol. The summed E-state index contributed by atoms with van der Waals surface area (Å²) in [6.07, 6.45) is 3.05. The van der Waals surface area contributed by atoms with Crippen LogP contribution in [0.15, 0.2) is 47.5 Å². The molecule has 0 saturated heterocycles. The summed E-state index contributed by atoms with van der Waals surface area (Å²) in [7, 11) is 1.52. The second-order valence-electron chi connectivity index (χ2n) is 5.12.